The minimum absolute atomic E-state index is 0.110. The summed E-state index contributed by atoms with van der Waals surface area (Å²) in [5, 5.41) is 6.00. The summed E-state index contributed by atoms with van der Waals surface area (Å²) in [6.07, 6.45) is 1.77. The summed E-state index contributed by atoms with van der Waals surface area (Å²) < 4.78 is 0. The Labute approximate surface area is 140 Å². The Kier molecular flexibility index (Phi) is 3.47. The van der Waals surface area contributed by atoms with Crippen molar-refractivity contribution in [3.8, 4) is 0 Å². The second-order valence-electron chi connectivity index (χ2n) is 5.81. The van der Waals surface area contributed by atoms with Crippen LogP contribution in [0.3, 0.4) is 0 Å². The monoisotopic (exact) mass is 312 g/mol. The Hall–Kier alpha value is -3.20. The largest absolute Gasteiger partial charge is 0.321 e. The SMILES string of the molecule is Cc1ccc(NC(=O)c2cccc3ccccc23)c2cccnc12. The van der Waals surface area contributed by atoms with Gasteiger partial charge in [-0.25, -0.2) is 0 Å². The zero-order valence-corrected chi connectivity index (χ0v) is 13.3. The first-order valence-electron chi connectivity index (χ1n) is 7.87. The predicted octanol–water partition coefficient (Wildman–Crippen LogP) is 4.95. The number of pyridine rings is 1. The summed E-state index contributed by atoms with van der Waals surface area (Å²) in [6.45, 7) is 2.02. The highest BCUT2D eigenvalue weighted by Crippen LogP contribution is 2.26. The summed E-state index contributed by atoms with van der Waals surface area (Å²) in [7, 11) is 0. The number of anilines is 1. The van der Waals surface area contributed by atoms with Gasteiger partial charge in [-0.1, -0.05) is 42.5 Å². The highest BCUT2D eigenvalue weighted by Gasteiger charge is 2.12. The van der Waals surface area contributed by atoms with Crippen LogP contribution in [0.4, 0.5) is 5.69 Å². The van der Waals surface area contributed by atoms with Gasteiger partial charge in [0.2, 0.25) is 0 Å². The van der Waals surface area contributed by atoms with E-state index in [0.29, 0.717) is 5.56 Å². The maximum Gasteiger partial charge on any atom is 0.256 e. The van der Waals surface area contributed by atoms with Crippen molar-refractivity contribution in [3.63, 3.8) is 0 Å². The molecule has 1 aromatic heterocycles. The molecule has 1 heterocycles. The van der Waals surface area contributed by atoms with Crippen molar-refractivity contribution >= 4 is 33.3 Å². The Balaban J connectivity index is 1.78. The van der Waals surface area contributed by atoms with E-state index in [1.54, 1.807) is 6.20 Å². The van der Waals surface area contributed by atoms with Gasteiger partial charge in [0.25, 0.3) is 5.91 Å². The van der Waals surface area contributed by atoms with E-state index in [1.165, 1.54) is 0 Å². The van der Waals surface area contributed by atoms with Gasteiger partial charge in [0.15, 0.2) is 0 Å². The van der Waals surface area contributed by atoms with Crippen LogP contribution in [0.1, 0.15) is 15.9 Å². The summed E-state index contributed by atoms with van der Waals surface area (Å²) in [5.74, 6) is -0.110. The molecule has 0 saturated heterocycles. The average Bonchev–Trinajstić information content (AvgIpc) is 2.64. The fourth-order valence-electron chi connectivity index (χ4n) is 3.04. The second-order valence-corrected chi connectivity index (χ2v) is 5.81. The molecule has 3 aromatic carbocycles. The molecule has 0 aliphatic carbocycles. The van der Waals surface area contributed by atoms with E-state index in [9.17, 15) is 4.79 Å². The topological polar surface area (TPSA) is 42.0 Å². The standard InChI is InChI=1S/C21H16N2O/c1-14-11-12-19(18-10-5-13-22-20(14)18)23-21(24)17-9-4-7-15-6-2-3-8-16(15)17/h2-13H,1H3,(H,23,24). The molecule has 0 spiro atoms. The highest BCUT2D eigenvalue weighted by molar-refractivity contribution is 6.15. The molecular formula is C21H16N2O. The van der Waals surface area contributed by atoms with Crippen molar-refractivity contribution in [1.29, 1.82) is 0 Å². The Morgan fingerprint density at radius 2 is 1.67 bits per heavy atom. The van der Waals surface area contributed by atoms with Gasteiger partial charge < -0.3 is 5.32 Å². The van der Waals surface area contributed by atoms with E-state index in [0.717, 1.165) is 32.9 Å². The lowest BCUT2D eigenvalue weighted by molar-refractivity contribution is 0.102. The molecule has 0 aliphatic rings. The molecule has 0 unspecified atom stereocenters. The first-order valence-corrected chi connectivity index (χ1v) is 7.87. The van der Waals surface area contributed by atoms with Crippen molar-refractivity contribution in [1.82, 2.24) is 4.98 Å². The molecule has 24 heavy (non-hydrogen) atoms. The maximum absolute atomic E-state index is 12.8. The van der Waals surface area contributed by atoms with E-state index >= 15 is 0 Å². The fourth-order valence-corrected chi connectivity index (χ4v) is 3.04. The summed E-state index contributed by atoms with van der Waals surface area (Å²) in [4.78, 5) is 17.2. The average molecular weight is 312 g/mol. The molecule has 0 aliphatic heterocycles. The molecule has 1 amide bonds. The van der Waals surface area contributed by atoms with Crippen molar-refractivity contribution in [2.24, 2.45) is 0 Å². The van der Waals surface area contributed by atoms with Crippen LogP contribution in [0.5, 0.6) is 0 Å². The van der Waals surface area contributed by atoms with Crippen molar-refractivity contribution in [2.45, 2.75) is 6.92 Å². The number of aryl methyl sites for hydroxylation is 1. The van der Waals surface area contributed by atoms with E-state index in [1.807, 2.05) is 73.7 Å². The number of carbonyl (C=O) groups is 1. The first kappa shape index (κ1) is 14.4. The fraction of sp³-hybridized carbons (Fsp3) is 0.0476. The number of amides is 1. The molecular weight excluding hydrogens is 296 g/mol. The highest BCUT2D eigenvalue weighted by atomic mass is 16.1. The van der Waals surface area contributed by atoms with Gasteiger partial charge in [-0.3, -0.25) is 9.78 Å². The predicted molar refractivity (Wildman–Crippen MR) is 98.4 cm³/mol. The van der Waals surface area contributed by atoms with Gasteiger partial charge in [-0.05, 0) is 47.5 Å². The van der Waals surface area contributed by atoms with E-state index in [-0.39, 0.29) is 5.91 Å². The Morgan fingerprint density at radius 1 is 0.875 bits per heavy atom. The lowest BCUT2D eigenvalue weighted by atomic mass is 10.0. The third-order valence-electron chi connectivity index (χ3n) is 4.25. The number of nitrogens with zero attached hydrogens (tertiary/aromatic N) is 1. The number of nitrogens with one attached hydrogen (secondary N) is 1. The summed E-state index contributed by atoms with van der Waals surface area (Å²) in [6, 6.07) is 21.5. The van der Waals surface area contributed by atoms with Crippen LogP contribution in [0, 0.1) is 6.92 Å². The molecule has 4 aromatic rings. The molecule has 3 heteroatoms. The van der Waals surface area contributed by atoms with E-state index in [2.05, 4.69) is 10.3 Å². The van der Waals surface area contributed by atoms with Crippen LogP contribution in [0.15, 0.2) is 72.9 Å². The number of aromatic nitrogens is 1. The van der Waals surface area contributed by atoms with Gasteiger partial charge in [0.1, 0.15) is 0 Å². The summed E-state index contributed by atoms with van der Waals surface area (Å²) in [5.41, 5.74) is 3.45. The van der Waals surface area contributed by atoms with Gasteiger partial charge in [-0.2, -0.15) is 0 Å². The van der Waals surface area contributed by atoms with E-state index < -0.39 is 0 Å². The molecule has 0 radical (unpaired) electrons. The van der Waals surface area contributed by atoms with Crippen LogP contribution in [0.2, 0.25) is 0 Å². The van der Waals surface area contributed by atoms with Gasteiger partial charge in [0.05, 0.1) is 11.2 Å². The van der Waals surface area contributed by atoms with Gasteiger partial charge in [0, 0.05) is 17.1 Å². The van der Waals surface area contributed by atoms with Crippen molar-refractivity contribution < 1.29 is 4.79 Å². The molecule has 116 valence electrons. The van der Waals surface area contributed by atoms with Gasteiger partial charge in [-0.15, -0.1) is 0 Å². The molecule has 0 bridgehead atoms. The first-order chi connectivity index (χ1) is 11.7. The van der Waals surface area contributed by atoms with Crippen LogP contribution in [0.25, 0.3) is 21.7 Å². The molecule has 0 saturated carbocycles. The number of carbonyl (C=O) groups excluding carboxylic acids is 1. The quantitative estimate of drug-likeness (QED) is 0.569. The summed E-state index contributed by atoms with van der Waals surface area (Å²) >= 11 is 0. The minimum atomic E-state index is -0.110. The number of hydrogen-bond donors (Lipinski definition) is 1. The number of benzene rings is 3. The third-order valence-corrected chi connectivity index (χ3v) is 4.25. The molecule has 3 nitrogen and oxygen atoms in total. The van der Waals surface area contributed by atoms with Gasteiger partial charge >= 0.3 is 0 Å². The lowest BCUT2D eigenvalue weighted by Crippen LogP contribution is -2.12. The number of rotatable bonds is 2. The third kappa shape index (κ3) is 2.40. The molecule has 0 fully saturated rings. The Bertz CT molecular complexity index is 1060. The second kappa shape index (κ2) is 5.78. The van der Waals surface area contributed by atoms with Crippen LogP contribution in [-0.4, -0.2) is 10.9 Å². The van der Waals surface area contributed by atoms with Crippen LogP contribution in [-0.2, 0) is 0 Å². The zero-order valence-electron chi connectivity index (χ0n) is 13.3. The van der Waals surface area contributed by atoms with E-state index in [4.69, 9.17) is 0 Å². The Morgan fingerprint density at radius 3 is 2.58 bits per heavy atom. The smallest absolute Gasteiger partial charge is 0.256 e. The van der Waals surface area contributed by atoms with Crippen LogP contribution < -0.4 is 5.32 Å². The number of hydrogen-bond acceptors (Lipinski definition) is 2. The molecule has 0 atom stereocenters. The van der Waals surface area contributed by atoms with Crippen molar-refractivity contribution in [3.05, 3.63) is 84.1 Å². The maximum atomic E-state index is 12.8. The van der Waals surface area contributed by atoms with Crippen LogP contribution >= 0.6 is 0 Å². The molecule has 4 rings (SSSR count). The van der Waals surface area contributed by atoms with Crippen molar-refractivity contribution in [2.75, 3.05) is 5.32 Å². The lowest BCUT2D eigenvalue weighted by Gasteiger charge is -2.11. The number of fused-ring (bicyclic) bond motifs is 2. The molecule has 1 N–H and O–H groups in total. The normalized spacial score (nSPS) is 10.9. The minimum Gasteiger partial charge on any atom is -0.321 e. The zero-order chi connectivity index (χ0) is 16.5.